The fourth-order valence-electron chi connectivity index (χ4n) is 3.80. The molecule has 1 rings (SSSR count). The Morgan fingerprint density at radius 2 is 1.57 bits per heavy atom. The van der Waals surface area contributed by atoms with Crippen LogP contribution in [0.5, 0.6) is 11.5 Å². The van der Waals surface area contributed by atoms with Crippen molar-refractivity contribution in [2.45, 2.75) is 111 Å². The molecule has 1 aromatic rings. The lowest BCUT2D eigenvalue weighted by atomic mass is 9.76. The van der Waals surface area contributed by atoms with Crippen molar-refractivity contribution in [2.75, 3.05) is 11.5 Å². The van der Waals surface area contributed by atoms with Gasteiger partial charge in [-0.3, -0.25) is 4.79 Å². The quantitative estimate of drug-likeness (QED) is 0.221. The maximum atomic E-state index is 12.6. The molecule has 0 aliphatic heterocycles. The first-order valence-electron chi connectivity index (χ1n) is 11.6. The van der Waals surface area contributed by atoms with Gasteiger partial charge in [0.2, 0.25) is 0 Å². The van der Waals surface area contributed by atoms with Crippen LogP contribution in [0.1, 0.15) is 111 Å². The van der Waals surface area contributed by atoms with Gasteiger partial charge in [0.15, 0.2) is 0 Å². The van der Waals surface area contributed by atoms with Gasteiger partial charge >= 0.3 is 5.97 Å². The van der Waals surface area contributed by atoms with Crippen LogP contribution in [0.15, 0.2) is 6.07 Å². The maximum Gasteiger partial charge on any atom is 0.321 e. The molecule has 0 aliphatic rings. The van der Waals surface area contributed by atoms with Gasteiger partial charge in [-0.05, 0) is 35.5 Å². The first-order valence-corrected chi connectivity index (χ1v) is 12.8. The zero-order valence-electron chi connectivity index (χ0n) is 20.6. The molecule has 0 saturated carbocycles. The number of carbonyl (C=O) groups excluding carboxylic acids is 1. The van der Waals surface area contributed by atoms with Crippen LogP contribution >= 0.6 is 11.8 Å². The average Bonchev–Trinajstić information content (AvgIpc) is 2.62. The summed E-state index contributed by atoms with van der Waals surface area (Å²) in [6.07, 6.45) is 8.29. The average molecular weight is 437 g/mol. The van der Waals surface area contributed by atoms with Crippen LogP contribution in [-0.2, 0) is 22.0 Å². The van der Waals surface area contributed by atoms with E-state index in [9.17, 15) is 9.90 Å². The molecule has 3 nitrogen and oxygen atoms in total. The summed E-state index contributed by atoms with van der Waals surface area (Å²) in [6, 6.07) is 1.87. The van der Waals surface area contributed by atoms with Crippen molar-refractivity contribution in [1.82, 2.24) is 0 Å². The summed E-state index contributed by atoms with van der Waals surface area (Å²) in [5, 5.41) is 11.1. The Hall–Kier alpha value is -1.16. The van der Waals surface area contributed by atoms with Crippen molar-refractivity contribution in [2.24, 2.45) is 0 Å². The van der Waals surface area contributed by atoms with Gasteiger partial charge in [0.25, 0.3) is 0 Å². The van der Waals surface area contributed by atoms with Gasteiger partial charge < -0.3 is 9.84 Å². The highest BCUT2D eigenvalue weighted by atomic mass is 32.2. The SMILES string of the molecule is CCCCCCCCSCC(=O)Oc1cc(C(C)(C)C)c(O)c(C(C)(C)C)c1CC. The molecule has 172 valence electrons. The molecule has 0 fully saturated rings. The second kappa shape index (κ2) is 12.0. The van der Waals surface area contributed by atoms with E-state index in [1.165, 1.54) is 32.1 Å². The van der Waals surface area contributed by atoms with E-state index in [4.69, 9.17) is 4.74 Å². The minimum absolute atomic E-state index is 0.203. The lowest BCUT2D eigenvalue weighted by Crippen LogP contribution is -2.21. The number of esters is 1. The predicted molar refractivity (Wildman–Crippen MR) is 131 cm³/mol. The van der Waals surface area contributed by atoms with Gasteiger partial charge in [0.1, 0.15) is 11.5 Å². The van der Waals surface area contributed by atoms with Gasteiger partial charge in [-0.2, -0.15) is 11.8 Å². The summed E-state index contributed by atoms with van der Waals surface area (Å²) < 4.78 is 5.85. The highest BCUT2D eigenvalue weighted by Crippen LogP contribution is 2.45. The fraction of sp³-hybridized carbons (Fsp3) is 0.731. The van der Waals surface area contributed by atoms with Crippen LogP contribution in [0.25, 0.3) is 0 Å². The summed E-state index contributed by atoms with van der Waals surface area (Å²) in [7, 11) is 0. The second-order valence-electron chi connectivity index (χ2n) is 10.3. The van der Waals surface area contributed by atoms with Crippen molar-refractivity contribution in [1.29, 1.82) is 0 Å². The molecule has 1 N–H and O–H groups in total. The minimum atomic E-state index is -0.246. The summed E-state index contributed by atoms with van der Waals surface area (Å²) in [5.74, 6) is 2.11. The van der Waals surface area contributed by atoms with Crippen LogP contribution in [0, 0.1) is 0 Å². The van der Waals surface area contributed by atoms with Crippen LogP contribution in [-0.4, -0.2) is 22.6 Å². The number of phenolic OH excluding ortho intramolecular Hbond substituents is 1. The van der Waals surface area contributed by atoms with Gasteiger partial charge in [0, 0.05) is 16.7 Å². The molecule has 1 aromatic carbocycles. The molecule has 0 saturated heterocycles. The largest absolute Gasteiger partial charge is 0.507 e. The highest BCUT2D eigenvalue weighted by molar-refractivity contribution is 7.99. The molecule has 0 amide bonds. The summed E-state index contributed by atoms with van der Waals surface area (Å²) in [6.45, 7) is 16.8. The maximum absolute atomic E-state index is 12.6. The zero-order chi connectivity index (χ0) is 22.9. The monoisotopic (exact) mass is 436 g/mol. The third-order valence-electron chi connectivity index (χ3n) is 5.36. The molecule has 4 heteroatoms. The van der Waals surface area contributed by atoms with E-state index in [1.54, 1.807) is 11.8 Å². The standard InChI is InChI=1S/C26H44O3S/c1-9-11-12-13-14-15-16-30-18-22(27)29-21-17-20(25(3,4)5)24(28)23(19(21)10-2)26(6,7)8/h17,28H,9-16,18H2,1-8H3. The topological polar surface area (TPSA) is 46.5 Å². The molecule has 0 aromatic heterocycles. The first kappa shape index (κ1) is 26.9. The second-order valence-corrected chi connectivity index (χ2v) is 11.4. The van der Waals surface area contributed by atoms with E-state index in [1.807, 2.05) is 13.0 Å². The third kappa shape index (κ3) is 8.17. The Kier molecular flexibility index (Phi) is 10.8. The minimum Gasteiger partial charge on any atom is -0.507 e. The molecule has 0 atom stereocenters. The van der Waals surface area contributed by atoms with Crippen molar-refractivity contribution in [3.63, 3.8) is 0 Å². The fourth-order valence-corrected chi connectivity index (χ4v) is 4.58. The highest BCUT2D eigenvalue weighted by Gasteiger charge is 2.31. The van der Waals surface area contributed by atoms with E-state index in [-0.39, 0.29) is 16.8 Å². The molecular formula is C26H44O3S. The lowest BCUT2D eigenvalue weighted by Gasteiger charge is -2.30. The number of rotatable bonds is 11. The molecule has 0 bridgehead atoms. The van der Waals surface area contributed by atoms with E-state index >= 15 is 0 Å². The Morgan fingerprint density at radius 1 is 0.967 bits per heavy atom. The number of thioether (sulfide) groups is 1. The first-order chi connectivity index (χ1) is 13.9. The van der Waals surface area contributed by atoms with E-state index in [2.05, 4.69) is 48.5 Å². The Bertz CT molecular complexity index is 681. The van der Waals surface area contributed by atoms with Crippen molar-refractivity contribution in [3.8, 4) is 11.5 Å². The molecule has 0 heterocycles. The van der Waals surface area contributed by atoms with E-state index in [0.717, 1.165) is 28.9 Å². The molecule has 0 radical (unpaired) electrons. The number of aromatic hydroxyl groups is 1. The summed E-state index contributed by atoms with van der Waals surface area (Å²) in [4.78, 5) is 12.6. The molecule has 30 heavy (non-hydrogen) atoms. The zero-order valence-corrected chi connectivity index (χ0v) is 21.4. The summed E-state index contributed by atoms with van der Waals surface area (Å²) >= 11 is 1.66. The van der Waals surface area contributed by atoms with Gasteiger partial charge in [-0.1, -0.05) is 87.5 Å². The van der Waals surface area contributed by atoms with E-state index < -0.39 is 0 Å². The van der Waals surface area contributed by atoms with Gasteiger partial charge in [-0.15, -0.1) is 0 Å². The number of hydrogen-bond donors (Lipinski definition) is 1. The predicted octanol–water partition coefficient (Wildman–Crippen LogP) is 7.55. The molecular weight excluding hydrogens is 392 g/mol. The number of phenols is 1. The number of ether oxygens (including phenoxy) is 1. The normalized spacial score (nSPS) is 12.3. The van der Waals surface area contributed by atoms with Gasteiger partial charge in [0.05, 0.1) is 5.75 Å². The third-order valence-corrected chi connectivity index (χ3v) is 6.38. The van der Waals surface area contributed by atoms with Crippen LogP contribution < -0.4 is 4.74 Å². The van der Waals surface area contributed by atoms with Crippen molar-refractivity contribution in [3.05, 3.63) is 22.8 Å². The van der Waals surface area contributed by atoms with Gasteiger partial charge in [-0.25, -0.2) is 0 Å². The van der Waals surface area contributed by atoms with Crippen LogP contribution in [0.4, 0.5) is 0 Å². The molecule has 0 unspecified atom stereocenters. The number of hydrogen-bond acceptors (Lipinski definition) is 4. The van der Waals surface area contributed by atoms with E-state index in [0.29, 0.717) is 23.7 Å². The van der Waals surface area contributed by atoms with Crippen LogP contribution in [0.3, 0.4) is 0 Å². The van der Waals surface area contributed by atoms with Crippen molar-refractivity contribution < 1.29 is 14.6 Å². The number of unbranched alkanes of at least 4 members (excludes halogenated alkanes) is 5. The molecule has 0 spiro atoms. The number of carbonyl (C=O) groups is 1. The smallest absolute Gasteiger partial charge is 0.321 e. The van der Waals surface area contributed by atoms with Crippen LogP contribution in [0.2, 0.25) is 0 Å². The Labute approximate surface area is 189 Å². The Balaban J connectivity index is 2.89. The summed E-state index contributed by atoms with van der Waals surface area (Å²) in [5.41, 5.74) is 2.16. The Morgan fingerprint density at radius 3 is 2.10 bits per heavy atom. The molecule has 0 aliphatic carbocycles. The number of benzene rings is 1. The van der Waals surface area contributed by atoms with Crippen molar-refractivity contribution >= 4 is 17.7 Å². The lowest BCUT2D eigenvalue weighted by molar-refractivity contribution is -0.131.